The van der Waals surface area contributed by atoms with Crippen molar-refractivity contribution >= 4 is 43.7 Å². The van der Waals surface area contributed by atoms with E-state index >= 15 is 0 Å². The summed E-state index contributed by atoms with van der Waals surface area (Å²) in [5.74, 6) is -0.374. The number of rotatable bonds is 3. The van der Waals surface area contributed by atoms with Crippen LogP contribution in [0.5, 0.6) is 0 Å². The van der Waals surface area contributed by atoms with E-state index < -0.39 is 47.7 Å². The Kier molecular flexibility index (Phi) is 4.87. The molecule has 0 radical (unpaired) electrons. The number of hydrogen-bond acceptors (Lipinski definition) is 4. The van der Waals surface area contributed by atoms with Crippen molar-refractivity contribution in [2.75, 3.05) is 0 Å². The highest BCUT2D eigenvalue weighted by Crippen LogP contribution is 2.61. The molecule has 3 nitrogen and oxygen atoms in total. The van der Waals surface area contributed by atoms with E-state index in [1.165, 1.54) is 32.7 Å². The summed E-state index contributed by atoms with van der Waals surface area (Å²) in [6, 6.07) is 31.8. The molecule has 0 fully saturated rings. The molecule has 0 saturated carbocycles. The summed E-state index contributed by atoms with van der Waals surface area (Å²) >= 11 is 1.79. The van der Waals surface area contributed by atoms with Gasteiger partial charge < -0.3 is 0 Å². The van der Waals surface area contributed by atoms with Crippen LogP contribution in [0.25, 0.3) is 77.6 Å². The molecule has 0 aliphatic heterocycles. The molecule has 1 atom stereocenters. The Morgan fingerprint density at radius 1 is 0.547 bits per heavy atom. The molecular formula is C49H31N3S. The smallest absolute Gasteiger partial charge is 0.164 e. The fourth-order valence-corrected chi connectivity index (χ4v) is 9.50. The van der Waals surface area contributed by atoms with Crippen molar-refractivity contribution in [3.8, 4) is 45.3 Å². The molecule has 9 aromatic rings. The van der Waals surface area contributed by atoms with Gasteiger partial charge in [0.05, 0.1) is 17.8 Å². The minimum absolute atomic E-state index is 0.0701. The first-order chi connectivity index (χ1) is 29.9. The van der Waals surface area contributed by atoms with Gasteiger partial charge in [0.25, 0.3) is 0 Å². The molecule has 2 aliphatic rings. The van der Waals surface area contributed by atoms with Gasteiger partial charge in [0.15, 0.2) is 17.5 Å². The number of fused-ring (bicyclic) bond motifs is 13. The maximum absolute atomic E-state index is 9.01. The van der Waals surface area contributed by atoms with Crippen LogP contribution in [-0.4, -0.2) is 15.0 Å². The molecule has 2 heterocycles. The average Bonchev–Trinajstić information content (AvgIpc) is 3.77. The van der Waals surface area contributed by atoms with Crippen molar-refractivity contribution in [1.82, 2.24) is 15.0 Å². The monoisotopic (exact) mass is 702 g/mol. The minimum atomic E-state index is -0.836. The largest absolute Gasteiger partial charge is 0.208 e. The molecule has 2 aromatic heterocycles. The second-order valence-corrected chi connectivity index (χ2v) is 14.3. The fourth-order valence-electron chi connectivity index (χ4n) is 8.24. The maximum atomic E-state index is 9.01. The molecule has 53 heavy (non-hydrogen) atoms. The third kappa shape index (κ3) is 4.43. The first-order valence-corrected chi connectivity index (χ1v) is 18.1. The van der Waals surface area contributed by atoms with Crippen molar-refractivity contribution < 1.29 is 12.3 Å². The number of benzene rings is 7. The second kappa shape index (κ2) is 11.5. The van der Waals surface area contributed by atoms with Crippen molar-refractivity contribution in [2.45, 2.75) is 12.3 Å². The zero-order valence-corrected chi connectivity index (χ0v) is 29.0. The third-order valence-electron chi connectivity index (χ3n) is 10.4. The zero-order chi connectivity index (χ0) is 42.9. The van der Waals surface area contributed by atoms with E-state index in [1.54, 1.807) is 11.3 Å². The summed E-state index contributed by atoms with van der Waals surface area (Å²) in [4.78, 5) is 14.3. The molecule has 1 spiro atoms. The maximum Gasteiger partial charge on any atom is 0.164 e. The molecule has 248 valence electrons. The van der Waals surface area contributed by atoms with Crippen LogP contribution in [0, 0.1) is 6.92 Å². The van der Waals surface area contributed by atoms with Crippen molar-refractivity contribution in [3.63, 3.8) is 0 Å². The van der Waals surface area contributed by atoms with Crippen LogP contribution in [-0.2, 0) is 5.41 Å². The summed E-state index contributed by atoms with van der Waals surface area (Å²) in [6.07, 6.45) is 4.25. The topological polar surface area (TPSA) is 38.7 Å². The van der Waals surface area contributed by atoms with E-state index in [2.05, 4.69) is 96.0 Å². The molecule has 4 heteroatoms. The Morgan fingerprint density at radius 3 is 2.11 bits per heavy atom. The SMILES string of the molecule is [2H]c1c([2H])c([2H])c(-c2nc(-c3ccc4c(c3)C3(c5ccccc5C=C4)c4ccccc4-c4c3ccc3c4sc4ccccc43)nc(-c3c([2H])c([2H])c([2H])c(C)c3[2H])n2)c([2H])c1[2H]. The zero-order valence-electron chi connectivity index (χ0n) is 37.2. The minimum Gasteiger partial charge on any atom is -0.208 e. The predicted molar refractivity (Wildman–Crippen MR) is 220 cm³/mol. The molecule has 0 N–H and O–H groups in total. The third-order valence-corrected chi connectivity index (χ3v) is 11.6. The van der Waals surface area contributed by atoms with Crippen molar-refractivity contribution in [1.29, 1.82) is 0 Å². The van der Waals surface area contributed by atoms with Gasteiger partial charge in [0.2, 0.25) is 0 Å². The van der Waals surface area contributed by atoms with Gasteiger partial charge >= 0.3 is 0 Å². The second-order valence-electron chi connectivity index (χ2n) is 13.3. The van der Waals surface area contributed by atoms with Crippen LogP contribution >= 0.6 is 11.3 Å². The van der Waals surface area contributed by atoms with Crippen LogP contribution in [0.4, 0.5) is 0 Å². The number of nitrogens with zero attached hydrogens (tertiary/aromatic N) is 3. The standard InChI is InChI=1S/C49H31N3S/c1-30-12-11-16-34(28-30)47-50-46(33-14-3-2-4-15-33)51-48(52-47)35-25-24-32-23-22-31-13-5-8-19-39(31)49(42(32)29-35)40-20-9-6-18-38(40)44-41(49)27-26-37-36-17-7-10-21-43(36)53-45(37)44/h2-29H,1H3/i2D,3D,4D,11D,12D,14D,15D,16D,28D. The van der Waals surface area contributed by atoms with E-state index in [9.17, 15) is 0 Å². The van der Waals surface area contributed by atoms with Gasteiger partial charge in [-0.15, -0.1) is 11.3 Å². The van der Waals surface area contributed by atoms with E-state index in [4.69, 9.17) is 22.3 Å². The number of hydrogen-bond donors (Lipinski definition) is 0. The molecule has 2 aliphatic carbocycles. The van der Waals surface area contributed by atoms with Crippen LogP contribution < -0.4 is 0 Å². The number of thiophene rings is 1. The lowest BCUT2D eigenvalue weighted by molar-refractivity contribution is 0.767. The van der Waals surface area contributed by atoms with Crippen LogP contribution in [0.3, 0.4) is 0 Å². The lowest BCUT2D eigenvalue weighted by atomic mass is 9.65. The summed E-state index contributed by atoms with van der Waals surface area (Å²) in [5.41, 5.74) is 7.99. The van der Waals surface area contributed by atoms with Gasteiger partial charge in [-0.2, -0.15) is 0 Å². The normalized spacial score (nSPS) is 17.6. The Hall–Kier alpha value is -6.49. The van der Waals surface area contributed by atoms with Crippen molar-refractivity contribution in [2.24, 2.45) is 0 Å². The van der Waals surface area contributed by atoms with Crippen LogP contribution in [0.1, 0.15) is 51.3 Å². The van der Waals surface area contributed by atoms with Gasteiger partial charge in [-0.3, -0.25) is 0 Å². The molecule has 0 bridgehead atoms. The predicted octanol–water partition coefficient (Wildman–Crippen LogP) is 12.4. The Bertz CT molecular complexity index is 3360. The summed E-state index contributed by atoms with van der Waals surface area (Å²) in [5, 5.41) is 2.40. The summed E-state index contributed by atoms with van der Waals surface area (Å²) in [7, 11) is 0. The average molecular weight is 703 g/mol. The van der Waals surface area contributed by atoms with E-state index in [0.717, 1.165) is 38.9 Å². The molecule has 7 aromatic carbocycles. The van der Waals surface area contributed by atoms with Gasteiger partial charge in [0.1, 0.15) is 0 Å². The van der Waals surface area contributed by atoms with E-state index in [0.29, 0.717) is 5.56 Å². The molecule has 0 saturated heterocycles. The highest BCUT2D eigenvalue weighted by atomic mass is 32.1. The molecular weight excluding hydrogens is 663 g/mol. The van der Waals surface area contributed by atoms with Crippen molar-refractivity contribution in [3.05, 3.63) is 196 Å². The van der Waals surface area contributed by atoms with Gasteiger partial charge in [0, 0.05) is 42.4 Å². The lowest BCUT2D eigenvalue weighted by Gasteiger charge is -2.35. The number of aromatic nitrogens is 3. The molecule has 0 amide bonds. The highest BCUT2D eigenvalue weighted by Gasteiger charge is 2.49. The van der Waals surface area contributed by atoms with Gasteiger partial charge in [-0.05, 0) is 64.0 Å². The van der Waals surface area contributed by atoms with Gasteiger partial charge in [-0.25, -0.2) is 15.0 Å². The van der Waals surface area contributed by atoms with Crippen LogP contribution in [0.15, 0.2) is 158 Å². The first kappa shape index (κ1) is 22.4. The lowest BCUT2D eigenvalue weighted by Crippen LogP contribution is -2.30. The van der Waals surface area contributed by atoms with E-state index in [1.807, 2.05) is 24.3 Å². The van der Waals surface area contributed by atoms with Gasteiger partial charge in [-0.1, -0.05) is 157 Å². The fraction of sp³-hybridized carbons (Fsp3) is 0.0408. The first-order valence-electron chi connectivity index (χ1n) is 21.8. The highest BCUT2D eigenvalue weighted by molar-refractivity contribution is 7.26. The summed E-state index contributed by atoms with van der Waals surface area (Å²) < 4.78 is 80.1. The summed E-state index contributed by atoms with van der Waals surface area (Å²) in [6.45, 7) is 1.52. The Balaban J connectivity index is 1.24. The Morgan fingerprint density at radius 2 is 1.25 bits per heavy atom. The quantitative estimate of drug-likeness (QED) is 0.184. The molecule has 11 rings (SSSR count). The Labute approximate surface area is 324 Å². The molecule has 1 unspecified atom stereocenters. The van der Waals surface area contributed by atoms with E-state index in [-0.39, 0.29) is 46.2 Å². The van der Waals surface area contributed by atoms with Crippen LogP contribution in [0.2, 0.25) is 0 Å².